The van der Waals surface area contributed by atoms with E-state index in [9.17, 15) is 17.6 Å². The second-order valence-electron chi connectivity index (χ2n) is 2.55. The number of hydrogen-bond acceptors (Lipinski definition) is 4. The summed E-state index contributed by atoms with van der Waals surface area (Å²) in [7, 11) is 0. The van der Waals surface area contributed by atoms with E-state index in [2.05, 4.69) is 9.72 Å². The molecule has 1 heterocycles. The van der Waals surface area contributed by atoms with Crippen molar-refractivity contribution in [1.82, 2.24) is 4.98 Å². The van der Waals surface area contributed by atoms with E-state index < -0.39 is 17.9 Å². The Morgan fingerprint density at radius 1 is 1.40 bits per heavy atom. The highest BCUT2D eigenvalue weighted by molar-refractivity contribution is 5.44. The number of ether oxygens (including phenoxy) is 1. The van der Waals surface area contributed by atoms with Gasteiger partial charge < -0.3 is 16.2 Å². The molecule has 0 radical (unpaired) electrons. The Labute approximate surface area is 81.8 Å². The van der Waals surface area contributed by atoms with Crippen LogP contribution in [0.25, 0.3) is 0 Å². The molecule has 0 unspecified atom stereocenters. The summed E-state index contributed by atoms with van der Waals surface area (Å²) in [4.78, 5) is 3.33. The number of nitrogen functional groups attached to an aromatic ring is 1. The Morgan fingerprint density at radius 2 is 2.00 bits per heavy atom. The molecule has 0 saturated heterocycles. The number of anilines is 1. The second kappa shape index (κ2) is 3.89. The number of nitrogens with zero attached hydrogens (tertiary/aromatic N) is 1. The molecule has 1 aromatic rings. The molecule has 0 saturated carbocycles. The number of halogens is 4. The maximum Gasteiger partial charge on any atom is 0.573 e. The van der Waals surface area contributed by atoms with Crippen LogP contribution in [0.15, 0.2) is 6.20 Å². The summed E-state index contributed by atoms with van der Waals surface area (Å²) in [5, 5.41) is 0. The smallest absolute Gasteiger partial charge is 0.401 e. The molecule has 4 N–H and O–H groups in total. The van der Waals surface area contributed by atoms with Crippen LogP contribution in [0, 0.1) is 5.82 Å². The summed E-state index contributed by atoms with van der Waals surface area (Å²) >= 11 is 0. The first kappa shape index (κ1) is 11.5. The minimum Gasteiger partial charge on any atom is -0.401 e. The van der Waals surface area contributed by atoms with E-state index in [4.69, 9.17) is 11.5 Å². The van der Waals surface area contributed by atoms with Crippen molar-refractivity contribution in [3.05, 3.63) is 17.6 Å². The van der Waals surface area contributed by atoms with Gasteiger partial charge in [-0.25, -0.2) is 9.37 Å². The van der Waals surface area contributed by atoms with E-state index in [0.717, 1.165) is 0 Å². The van der Waals surface area contributed by atoms with Crippen LogP contribution in [-0.4, -0.2) is 11.3 Å². The SMILES string of the molecule is NCc1c(N)ncc(OC(F)(F)F)c1F. The zero-order valence-corrected chi connectivity index (χ0v) is 7.31. The summed E-state index contributed by atoms with van der Waals surface area (Å²) < 4.78 is 52.0. The van der Waals surface area contributed by atoms with Gasteiger partial charge in [0.05, 0.1) is 6.20 Å². The van der Waals surface area contributed by atoms with Gasteiger partial charge in [0.25, 0.3) is 0 Å². The molecule has 0 atom stereocenters. The molecule has 84 valence electrons. The predicted octanol–water partition coefficient (Wildman–Crippen LogP) is 1.16. The van der Waals surface area contributed by atoms with Gasteiger partial charge >= 0.3 is 6.36 Å². The normalized spacial score (nSPS) is 11.5. The minimum atomic E-state index is -4.98. The van der Waals surface area contributed by atoms with Gasteiger partial charge in [-0.15, -0.1) is 13.2 Å². The van der Waals surface area contributed by atoms with Crippen molar-refractivity contribution in [3.63, 3.8) is 0 Å². The fraction of sp³-hybridized carbons (Fsp3) is 0.286. The summed E-state index contributed by atoms with van der Waals surface area (Å²) in [6.45, 7) is -0.361. The van der Waals surface area contributed by atoms with E-state index in [1.54, 1.807) is 0 Å². The van der Waals surface area contributed by atoms with Crippen molar-refractivity contribution in [3.8, 4) is 5.75 Å². The van der Waals surface area contributed by atoms with Crippen LogP contribution in [0.2, 0.25) is 0 Å². The Kier molecular flexibility index (Phi) is 2.98. The standard InChI is InChI=1S/C7H7F4N3O/c8-5-3(1-12)6(13)14-2-4(5)15-7(9,10)11/h2H,1,12H2,(H2,13,14). The van der Waals surface area contributed by atoms with E-state index in [-0.39, 0.29) is 17.9 Å². The lowest BCUT2D eigenvalue weighted by Crippen LogP contribution is -2.19. The van der Waals surface area contributed by atoms with Gasteiger partial charge in [-0.05, 0) is 0 Å². The lowest BCUT2D eigenvalue weighted by atomic mass is 10.2. The third-order valence-corrected chi connectivity index (χ3v) is 1.54. The van der Waals surface area contributed by atoms with Crippen LogP contribution in [0.4, 0.5) is 23.4 Å². The fourth-order valence-electron chi connectivity index (χ4n) is 0.914. The van der Waals surface area contributed by atoms with Crippen LogP contribution >= 0.6 is 0 Å². The molecule has 4 nitrogen and oxygen atoms in total. The van der Waals surface area contributed by atoms with Crippen molar-refractivity contribution in [1.29, 1.82) is 0 Å². The second-order valence-corrected chi connectivity index (χ2v) is 2.55. The van der Waals surface area contributed by atoms with Crippen molar-refractivity contribution in [2.45, 2.75) is 12.9 Å². The first-order valence-electron chi connectivity index (χ1n) is 3.74. The molecule has 0 amide bonds. The van der Waals surface area contributed by atoms with Crippen molar-refractivity contribution in [2.75, 3.05) is 5.73 Å². The maximum absolute atomic E-state index is 13.2. The van der Waals surface area contributed by atoms with Crippen LogP contribution in [0.5, 0.6) is 5.75 Å². The van der Waals surface area contributed by atoms with Crippen LogP contribution in [-0.2, 0) is 6.54 Å². The van der Waals surface area contributed by atoms with Crippen molar-refractivity contribution in [2.24, 2.45) is 5.73 Å². The molecule has 8 heteroatoms. The average molecular weight is 225 g/mol. The quantitative estimate of drug-likeness (QED) is 0.740. The van der Waals surface area contributed by atoms with Gasteiger partial charge in [-0.1, -0.05) is 0 Å². The third kappa shape index (κ3) is 2.69. The average Bonchev–Trinajstić information content (AvgIpc) is 2.09. The number of hydrogen-bond donors (Lipinski definition) is 2. The Morgan fingerprint density at radius 3 is 2.47 bits per heavy atom. The number of aromatic nitrogens is 1. The molecule has 0 fully saturated rings. The summed E-state index contributed by atoms with van der Waals surface area (Å²) in [5.41, 5.74) is 9.98. The summed E-state index contributed by atoms with van der Waals surface area (Å²) in [6.07, 6.45) is -4.43. The van der Waals surface area contributed by atoms with E-state index >= 15 is 0 Å². The van der Waals surface area contributed by atoms with Gasteiger partial charge in [0.1, 0.15) is 5.82 Å². The monoisotopic (exact) mass is 225 g/mol. The molecule has 15 heavy (non-hydrogen) atoms. The molecule has 0 aliphatic carbocycles. The molecular weight excluding hydrogens is 218 g/mol. The molecular formula is C7H7F4N3O. The molecule has 0 bridgehead atoms. The van der Waals surface area contributed by atoms with Crippen LogP contribution in [0.1, 0.15) is 5.56 Å². The molecule has 0 aliphatic rings. The van der Waals surface area contributed by atoms with Crippen LogP contribution < -0.4 is 16.2 Å². The number of nitrogens with two attached hydrogens (primary N) is 2. The number of pyridine rings is 1. The molecule has 1 rings (SSSR count). The van der Waals surface area contributed by atoms with Crippen molar-refractivity contribution >= 4 is 5.82 Å². The first-order chi connectivity index (χ1) is 6.85. The predicted molar refractivity (Wildman–Crippen MR) is 43.2 cm³/mol. The zero-order valence-electron chi connectivity index (χ0n) is 7.31. The first-order valence-corrected chi connectivity index (χ1v) is 3.74. The molecule has 1 aromatic heterocycles. The molecule has 0 spiro atoms. The summed E-state index contributed by atoms with van der Waals surface area (Å²) in [5.74, 6) is -2.55. The van der Waals surface area contributed by atoms with Gasteiger partial charge in [-0.3, -0.25) is 0 Å². The fourth-order valence-corrected chi connectivity index (χ4v) is 0.914. The molecule has 0 aliphatic heterocycles. The third-order valence-electron chi connectivity index (χ3n) is 1.54. The van der Waals surface area contributed by atoms with Crippen molar-refractivity contribution < 1.29 is 22.3 Å². The Balaban J connectivity index is 3.11. The summed E-state index contributed by atoms with van der Waals surface area (Å²) in [6, 6.07) is 0. The lowest BCUT2D eigenvalue weighted by Gasteiger charge is -2.11. The van der Waals surface area contributed by atoms with Gasteiger partial charge in [0.15, 0.2) is 11.6 Å². The Bertz CT molecular complexity index is 366. The van der Waals surface area contributed by atoms with E-state index in [1.807, 2.05) is 0 Å². The van der Waals surface area contributed by atoms with Crippen LogP contribution in [0.3, 0.4) is 0 Å². The number of rotatable bonds is 2. The van der Waals surface area contributed by atoms with E-state index in [0.29, 0.717) is 6.20 Å². The highest BCUT2D eigenvalue weighted by Gasteiger charge is 2.33. The highest BCUT2D eigenvalue weighted by Crippen LogP contribution is 2.28. The lowest BCUT2D eigenvalue weighted by molar-refractivity contribution is -0.275. The molecule has 0 aromatic carbocycles. The Hall–Kier alpha value is -1.57. The topological polar surface area (TPSA) is 74.2 Å². The maximum atomic E-state index is 13.2. The van der Waals surface area contributed by atoms with Gasteiger partial charge in [-0.2, -0.15) is 0 Å². The van der Waals surface area contributed by atoms with E-state index in [1.165, 1.54) is 0 Å². The largest absolute Gasteiger partial charge is 0.573 e. The highest BCUT2D eigenvalue weighted by atomic mass is 19.4. The number of alkyl halides is 3. The minimum absolute atomic E-state index is 0.260. The van der Waals surface area contributed by atoms with Gasteiger partial charge in [0, 0.05) is 12.1 Å². The zero-order chi connectivity index (χ0) is 11.6. The van der Waals surface area contributed by atoms with Gasteiger partial charge in [0.2, 0.25) is 0 Å².